The van der Waals surface area contributed by atoms with Gasteiger partial charge < -0.3 is 14.9 Å². The Bertz CT molecular complexity index is 521. The van der Waals surface area contributed by atoms with Gasteiger partial charge in [-0.3, -0.25) is 0 Å². The number of aliphatic hydroxyl groups excluding tert-OH is 1. The quantitative estimate of drug-likeness (QED) is 0.852. The van der Waals surface area contributed by atoms with E-state index in [-0.39, 0.29) is 12.4 Å². The lowest BCUT2D eigenvalue weighted by Gasteiger charge is -2.10. The van der Waals surface area contributed by atoms with Crippen LogP contribution >= 0.6 is 0 Å². The van der Waals surface area contributed by atoms with Gasteiger partial charge in [-0.25, -0.2) is 0 Å². The van der Waals surface area contributed by atoms with Gasteiger partial charge in [0.2, 0.25) is 0 Å². The Balaban J connectivity index is 2.53. The molecule has 0 heterocycles. The third-order valence-electron chi connectivity index (χ3n) is 2.68. The van der Waals surface area contributed by atoms with Crippen molar-refractivity contribution in [1.82, 2.24) is 0 Å². The Morgan fingerprint density at radius 3 is 2.47 bits per heavy atom. The second kappa shape index (κ2) is 4.89. The summed E-state index contributed by atoms with van der Waals surface area (Å²) in [6.07, 6.45) is 0. The zero-order chi connectivity index (χ0) is 12.3. The van der Waals surface area contributed by atoms with Crippen molar-refractivity contribution in [2.45, 2.75) is 6.61 Å². The van der Waals surface area contributed by atoms with Crippen molar-refractivity contribution < 1.29 is 14.9 Å². The molecule has 0 atom stereocenters. The lowest BCUT2D eigenvalue weighted by molar-refractivity contribution is 0.282. The highest BCUT2D eigenvalue weighted by Gasteiger charge is 2.09. The predicted molar refractivity (Wildman–Crippen MR) is 66.0 cm³/mol. The third-order valence-corrected chi connectivity index (χ3v) is 2.68. The molecule has 0 saturated heterocycles. The monoisotopic (exact) mass is 230 g/mol. The fourth-order valence-corrected chi connectivity index (χ4v) is 1.79. The molecule has 2 rings (SSSR count). The van der Waals surface area contributed by atoms with Crippen molar-refractivity contribution in [2.75, 3.05) is 7.11 Å². The van der Waals surface area contributed by atoms with E-state index in [1.165, 1.54) is 0 Å². The molecule has 0 unspecified atom stereocenters. The van der Waals surface area contributed by atoms with Gasteiger partial charge in [0.1, 0.15) is 11.5 Å². The zero-order valence-electron chi connectivity index (χ0n) is 9.55. The molecule has 0 fully saturated rings. The van der Waals surface area contributed by atoms with Crippen LogP contribution in [0.3, 0.4) is 0 Å². The van der Waals surface area contributed by atoms with Crippen LogP contribution in [0.25, 0.3) is 11.1 Å². The molecule has 0 aliphatic carbocycles. The lowest BCUT2D eigenvalue weighted by Crippen LogP contribution is -1.90. The molecule has 0 aromatic heterocycles. The smallest absolute Gasteiger partial charge is 0.127 e. The second-order valence-electron chi connectivity index (χ2n) is 3.70. The Kier molecular flexibility index (Phi) is 3.30. The van der Waals surface area contributed by atoms with Crippen LogP contribution < -0.4 is 4.74 Å². The number of aliphatic hydroxyl groups is 1. The van der Waals surface area contributed by atoms with Gasteiger partial charge in [-0.2, -0.15) is 0 Å². The molecule has 3 heteroatoms. The summed E-state index contributed by atoms with van der Waals surface area (Å²) >= 11 is 0. The van der Waals surface area contributed by atoms with Gasteiger partial charge in [0.05, 0.1) is 13.7 Å². The Labute approximate surface area is 99.9 Å². The van der Waals surface area contributed by atoms with Gasteiger partial charge in [-0.1, -0.05) is 24.3 Å². The molecule has 0 saturated carbocycles. The van der Waals surface area contributed by atoms with Crippen molar-refractivity contribution in [3.05, 3.63) is 48.0 Å². The molecule has 2 aromatic carbocycles. The predicted octanol–water partition coefficient (Wildman–Crippen LogP) is 2.56. The van der Waals surface area contributed by atoms with E-state index in [1.54, 1.807) is 25.3 Å². The van der Waals surface area contributed by atoms with Gasteiger partial charge in [-0.15, -0.1) is 0 Å². The summed E-state index contributed by atoms with van der Waals surface area (Å²) in [7, 11) is 1.55. The van der Waals surface area contributed by atoms with Crippen molar-refractivity contribution >= 4 is 0 Å². The Hall–Kier alpha value is -2.00. The average molecular weight is 230 g/mol. The number of benzene rings is 2. The standard InChI is InChI=1S/C14H14O3/c1-17-11-6-7-13(14(16)8-11)12-5-3-2-4-10(12)9-15/h2-8,15-16H,9H2,1H3. The molecule has 2 aromatic rings. The zero-order valence-corrected chi connectivity index (χ0v) is 9.55. The minimum Gasteiger partial charge on any atom is -0.507 e. The summed E-state index contributed by atoms with van der Waals surface area (Å²) in [6.45, 7) is -0.0539. The summed E-state index contributed by atoms with van der Waals surface area (Å²) in [4.78, 5) is 0. The molecular formula is C14H14O3. The SMILES string of the molecule is COc1ccc(-c2ccccc2CO)c(O)c1. The maximum absolute atomic E-state index is 9.93. The van der Waals surface area contributed by atoms with E-state index in [4.69, 9.17) is 4.74 Å². The number of ether oxygens (including phenoxy) is 1. The number of methoxy groups -OCH3 is 1. The van der Waals surface area contributed by atoms with Gasteiger partial charge in [0.15, 0.2) is 0 Å². The first-order valence-electron chi connectivity index (χ1n) is 5.32. The Morgan fingerprint density at radius 1 is 1.06 bits per heavy atom. The number of phenols is 1. The summed E-state index contributed by atoms with van der Waals surface area (Å²) in [5, 5.41) is 19.2. The average Bonchev–Trinajstić information content (AvgIpc) is 2.38. The highest BCUT2D eigenvalue weighted by atomic mass is 16.5. The van der Waals surface area contributed by atoms with Crippen molar-refractivity contribution in [2.24, 2.45) is 0 Å². The fourth-order valence-electron chi connectivity index (χ4n) is 1.79. The highest BCUT2D eigenvalue weighted by molar-refractivity contribution is 5.73. The summed E-state index contributed by atoms with van der Waals surface area (Å²) in [6, 6.07) is 12.6. The molecule has 0 bridgehead atoms. The first-order chi connectivity index (χ1) is 8.26. The molecular weight excluding hydrogens is 216 g/mol. The molecule has 3 nitrogen and oxygen atoms in total. The van der Waals surface area contributed by atoms with Crippen LogP contribution in [0, 0.1) is 0 Å². The van der Waals surface area contributed by atoms with Gasteiger partial charge in [0.25, 0.3) is 0 Å². The van der Waals surface area contributed by atoms with Gasteiger partial charge >= 0.3 is 0 Å². The molecule has 0 radical (unpaired) electrons. The van der Waals surface area contributed by atoms with Crippen LogP contribution in [-0.2, 0) is 6.61 Å². The van der Waals surface area contributed by atoms with Gasteiger partial charge in [0, 0.05) is 11.6 Å². The van der Waals surface area contributed by atoms with E-state index in [1.807, 2.05) is 24.3 Å². The second-order valence-corrected chi connectivity index (χ2v) is 3.70. The van der Waals surface area contributed by atoms with Gasteiger partial charge in [-0.05, 0) is 23.3 Å². The maximum atomic E-state index is 9.93. The molecule has 0 amide bonds. The van der Waals surface area contributed by atoms with E-state index >= 15 is 0 Å². The summed E-state index contributed by atoms with van der Waals surface area (Å²) < 4.78 is 5.03. The topological polar surface area (TPSA) is 49.7 Å². The maximum Gasteiger partial charge on any atom is 0.127 e. The first kappa shape index (κ1) is 11.5. The number of rotatable bonds is 3. The molecule has 88 valence electrons. The molecule has 17 heavy (non-hydrogen) atoms. The first-order valence-corrected chi connectivity index (χ1v) is 5.32. The third kappa shape index (κ3) is 2.24. The fraction of sp³-hybridized carbons (Fsp3) is 0.143. The van der Waals surface area contributed by atoms with E-state index in [0.29, 0.717) is 11.3 Å². The molecule has 0 aliphatic rings. The summed E-state index contributed by atoms with van der Waals surface area (Å²) in [5.41, 5.74) is 2.30. The molecule has 2 N–H and O–H groups in total. The van der Waals surface area contributed by atoms with E-state index in [9.17, 15) is 10.2 Å². The van der Waals surface area contributed by atoms with Crippen molar-refractivity contribution in [1.29, 1.82) is 0 Å². The minimum atomic E-state index is -0.0539. The van der Waals surface area contributed by atoms with E-state index < -0.39 is 0 Å². The number of phenolic OH excluding ortho intramolecular Hbond substituents is 1. The van der Waals surface area contributed by atoms with Crippen LogP contribution in [0.15, 0.2) is 42.5 Å². The van der Waals surface area contributed by atoms with E-state index in [2.05, 4.69) is 0 Å². The Morgan fingerprint density at radius 2 is 1.82 bits per heavy atom. The van der Waals surface area contributed by atoms with Crippen LogP contribution in [-0.4, -0.2) is 17.3 Å². The number of aromatic hydroxyl groups is 1. The van der Waals surface area contributed by atoms with E-state index in [0.717, 1.165) is 11.1 Å². The van der Waals surface area contributed by atoms with Crippen molar-refractivity contribution in [3.63, 3.8) is 0 Å². The van der Waals surface area contributed by atoms with Crippen LogP contribution in [0.1, 0.15) is 5.56 Å². The normalized spacial score (nSPS) is 10.2. The van der Waals surface area contributed by atoms with Crippen LogP contribution in [0.5, 0.6) is 11.5 Å². The lowest BCUT2D eigenvalue weighted by atomic mass is 9.99. The van der Waals surface area contributed by atoms with Crippen LogP contribution in [0.2, 0.25) is 0 Å². The van der Waals surface area contributed by atoms with Crippen molar-refractivity contribution in [3.8, 4) is 22.6 Å². The summed E-state index contributed by atoms with van der Waals surface area (Å²) in [5.74, 6) is 0.748. The number of hydrogen-bond acceptors (Lipinski definition) is 3. The number of hydrogen-bond donors (Lipinski definition) is 2. The molecule has 0 aliphatic heterocycles. The highest BCUT2D eigenvalue weighted by Crippen LogP contribution is 2.34. The minimum absolute atomic E-state index is 0.0539. The largest absolute Gasteiger partial charge is 0.507 e. The molecule has 0 spiro atoms. The van der Waals surface area contributed by atoms with Crippen LogP contribution in [0.4, 0.5) is 0 Å².